The summed E-state index contributed by atoms with van der Waals surface area (Å²) in [5.74, 6) is -1.86. The number of carboxylic acids is 1. The van der Waals surface area contributed by atoms with Crippen molar-refractivity contribution >= 4 is 40.6 Å². The Labute approximate surface area is 379 Å². The van der Waals surface area contributed by atoms with E-state index in [1.54, 1.807) is 59.9 Å². The molecule has 2 unspecified atom stereocenters. The third-order valence-electron chi connectivity index (χ3n) is 10.2. The van der Waals surface area contributed by atoms with E-state index < -0.39 is 51.7 Å². The molecular formula is C44H48Cl2F8N8O3. The number of hydrogen-bond acceptors (Lipinski definition) is 6. The first kappa shape index (κ1) is 51.9. The molecule has 352 valence electrons. The second kappa shape index (κ2) is 21.1. The van der Waals surface area contributed by atoms with E-state index in [1.165, 1.54) is 38.1 Å². The highest BCUT2D eigenvalue weighted by molar-refractivity contribution is 6.32. The van der Waals surface area contributed by atoms with E-state index in [0.29, 0.717) is 16.9 Å². The van der Waals surface area contributed by atoms with E-state index in [2.05, 4.69) is 15.3 Å². The van der Waals surface area contributed by atoms with Crippen molar-refractivity contribution in [3.05, 3.63) is 128 Å². The lowest BCUT2D eigenvalue weighted by atomic mass is 9.98. The van der Waals surface area contributed by atoms with Crippen LogP contribution in [0.25, 0.3) is 11.4 Å². The molecule has 21 heteroatoms. The molecule has 0 radical (unpaired) electrons. The van der Waals surface area contributed by atoms with Crippen LogP contribution in [0.15, 0.2) is 67.1 Å². The number of nitrogens with zero attached hydrogens (tertiary/aromatic N) is 7. The lowest BCUT2D eigenvalue weighted by Crippen LogP contribution is -2.24. The molecule has 0 aliphatic heterocycles. The minimum absolute atomic E-state index is 0.0110. The number of aliphatic carboxylic acids is 1. The van der Waals surface area contributed by atoms with Crippen LogP contribution in [0.2, 0.25) is 10.0 Å². The van der Waals surface area contributed by atoms with Crippen LogP contribution < -0.4 is 5.73 Å². The molecular weight excluding hydrogens is 911 g/mol. The Morgan fingerprint density at radius 1 is 0.723 bits per heavy atom. The number of rotatable bonds is 12. The summed E-state index contributed by atoms with van der Waals surface area (Å²) in [5, 5.41) is 20.1. The second-order valence-electron chi connectivity index (χ2n) is 15.5. The molecule has 65 heavy (non-hydrogen) atoms. The Kier molecular flexibility index (Phi) is 16.8. The zero-order valence-corrected chi connectivity index (χ0v) is 38.0. The van der Waals surface area contributed by atoms with Gasteiger partial charge in [-0.05, 0) is 87.1 Å². The maximum atomic E-state index is 13.3. The largest absolute Gasteiger partial charge is 0.480 e. The number of halogens is 10. The number of aromatic nitrogens is 7. The zero-order chi connectivity index (χ0) is 48.9. The van der Waals surface area contributed by atoms with Gasteiger partial charge in [-0.25, -0.2) is 22.9 Å². The van der Waals surface area contributed by atoms with E-state index in [0.717, 1.165) is 32.5 Å². The third kappa shape index (κ3) is 12.0. The summed E-state index contributed by atoms with van der Waals surface area (Å²) in [5.41, 5.74) is 8.35. The molecule has 4 heterocycles. The lowest BCUT2D eigenvalue weighted by molar-refractivity contribution is -0.142. The Morgan fingerprint density at radius 2 is 1.20 bits per heavy atom. The average molecular weight is 960 g/mol. The fraction of sp³-hybridized carbons (Fsp3) is 0.386. The molecule has 0 saturated heterocycles. The van der Waals surface area contributed by atoms with E-state index in [1.807, 2.05) is 27.7 Å². The van der Waals surface area contributed by atoms with Gasteiger partial charge in [0, 0.05) is 23.9 Å². The molecule has 11 nitrogen and oxygen atoms in total. The average Bonchev–Trinajstić information content (AvgIpc) is 3.97. The molecule has 0 saturated carbocycles. The summed E-state index contributed by atoms with van der Waals surface area (Å²) >= 11 is 11.4. The molecule has 0 bridgehead atoms. The van der Waals surface area contributed by atoms with Crippen molar-refractivity contribution in [1.29, 1.82) is 0 Å². The van der Waals surface area contributed by atoms with Gasteiger partial charge < -0.3 is 15.4 Å². The third-order valence-corrected chi connectivity index (χ3v) is 11.2. The van der Waals surface area contributed by atoms with E-state index in [-0.39, 0.29) is 59.9 Å². The van der Waals surface area contributed by atoms with Gasteiger partial charge in [0.15, 0.2) is 11.5 Å². The molecule has 0 spiro atoms. The van der Waals surface area contributed by atoms with Crippen molar-refractivity contribution in [2.75, 3.05) is 5.73 Å². The number of ketones is 1. The van der Waals surface area contributed by atoms with Crippen molar-refractivity contribution in [3.63, 3.8) is 0 Å². The SMILES string of the molecule is CC(C)c1c(N)cnn1-c1ccc(F)cc1.CCC(C(=O)Cc1cnn(-c2ccc(F)cc2)c1C(C)C)n1nc(C(F)(F)F)c(Cl)c1C.CCC(C(=O)O)n1cc(C(F)(F)F)c(Cl)c1C. The Hall–Kier alpha value is -5.69. The van der Waals surface area contributed by atoms with Gasteiger partial charge in [-0.1, -0.05) is 64.7 Å². The molecule has 0 fully saturated rings. The first-order valence-corrected chi connectivity index (χ1v) is 20.9. The number of nitrogens with two attached hydrogens (primary N) is 1. The predicted octanol–water partition coefficient (Wildman–Crippen LogP) is 12.3. The maximum absolute atomic E-state index is 13.3. The smallest absolute Gasteiger partial charge is 0.436 e. The molecule has 3 N–H and O–H groups in total. The molecule has 0 aliphatic carbocycles. The molecule has 2 atom stereocenters. The van der Waals surface area contributed by atoms with Crippen molar-refractivity contribution < 1.29 is 49.8 Å². The van der Waals surface area contributed by atoms with Crippen molar-refractivity contribution in [2.24, 2.45) is 0 Å². The minimum Gasteiger partial charge on any atom is -0.480 e. The molecule has 2 aromatic carbocycles. The number of carbonyl (C=O) groups is 2. The summed E-state index contributed by atoms with van der Waals surface area (Å²) in [6.07, 6.45) is -4.96. The van der Waals surface area contributed by atoms with Crippen molar-refractivity contribution in [1.82, 2.24) is 33.9 Å². The maximum Gasteiger partial charge on any atom is 0.436 e. The number of carboxylic acid groups (broad SMARTS) is 1. The van der Waals surface area contributed by atoms with Gasteiger partial charge in [0.1, 0.15) is 23.7 Å². The fourth-order valence-corrected chi connectivity index (χ4v) is 7.59. The van der Waals surface area contributed by atoms with Crippen LogP contribution in [0.1, 0.15) is 118 Å². The number of carbonyl (C=O) groups excluding carboxylic acids is 1. The fourth-order valence-electron chi connectivity index (χ4n) is 7.11. The summed E-state index contributed by atoms with van der Waals surface area (Å²) in [7, 11) is 0. The number of alkyl halides is 6. The lowest BCUT2D eigenvalue weighted by Gasteiger charge is -2.18. The van der Waals surface area contributed by atoms with Gasteiger partial charge in [0.2, 0.25) is 0 Å². The number of hydrogen-bond donors (Lipinski definition) is 2. The van der Waals surface area contributed by atoms with Crippen LogP contribution in [0.3, 0.4) is 0 Å². The Morgan fingerprint density at radius 3 is 1.60 bits per heavy atom. The highest BCUT2D eigenvalue weighted by atomic mass is 35.5. The monoisotopic (exact) mass is 958 g/mol. The molecule has 0 amide bonds. The second-order valence-corrected chi connectivity index (χ2v) is 16.2. The topological polar surface area (TPSA) is 139 Å². The van der Waals surface area contributed by atoms with Gasteiger partial charge in [-0.3, -0.25) is 9.48 Å². The van der Waals surface area contributed by atoms with Crippen LogP contribution in [0, 0.1) is 25.5 Å². The van der Waals surface area contributed by atoms with Gasteiger partial charge in [0.05, 0.1) is 62.1 Å². The van der Waals surface area contributed by atoms with Crippen LogP contribution in [-0.2, 0) is 28.4 Å². The molecule has 0 aliphatic rings. The quantitative estimate of drug-likeness (QED) is 0.116. The molecule has 6 aromatic rings. The van der Waals surface area contributed by atoms with Gasteiger partial charge in [0.25, 0.3) is 0 Å². The van der Waals surface area contributed by atoms with Gasteiger partial charge in [-0.2, -0.15) is 41.6 Å². The van der Waals surface area contributed by atoms with Crippen molar-refractivity contribution in [2.45, 2.75) is 111 Å². The summed E-state index contributed by atoms with van der Waals surface area (Å²) in [6, 6.07) is 10.1. The number of nitrogen functional groups attached to an aromatic ring is 1. The summed E-state index contributed by atoms with van der Waals surface area (Å²) in [6.45, 7) is 14.0. The summed E-state index contributed by atoms with van der Waals surface area (Å²) in [4.78, 5) is 24.1. The van der Waals surface area contributed by atoms with E-state index >= 15 is 0 Å². The Balaban J connectivity index is 0.000000235. The van der Waals surface area contributed by atoms with Crippen LogP contribution in [0.5, 0.6) is 0 Å². The van der Waals surface area contributed by atoms with Crippen LogP contribution >= 0.6 is 23.2 Å². The van der Waals surface area contributed by atoms with Gasteiger partial charge >= 0.3 is 18.3 Å². The first-order chi connectivity index (χ1) is 30.2. The first-order valence-electron chi connectivity index (χ1n) is 20.2. The Bertz CT molecular complexity index is 2580. The molecule has 4 aromatic heterocycles. The standard InChI is InChI=1S/C22H23ClF4N4O.C12H14FN3.C10H11ClF3NO2/c1-5-17(30-13(4)19(23)21(29-30)22(25,26)27)18(32)10-14-11-28-31(20(14)12(2)3)16-8-6-15(24)7-9-16;1-8(2)12-11(14)7-15-16(12)10-5-3-9(13)4-6-10;1-3-7(9(16)17)15-4-6(10(12,13)14)8(11)5(15)2/h6-9,11-12,17H,5,10H2,1-4H3;3-8H,14H2,1-2H3;4,7H,3H2,1-2H3,(H,16,17). The number of benzene rings is 2. The van der Waals surface area contributed by atoms with Gasteiger partial charge in [-0.15, -0.1) is 0 Å². The predicted molar refractivity (Wildman–Crippen MR) is 231 cm³/mol. The van der Waals surface area contributed by atoms with Crippen LogP contribution in [-0.4, -0.2) is 50.8 Å². The number of Topliss-reactive ketones (excluding diaryl/α,β-unsaturated/α-hetero) is 1. The molecule has 6 rings (SSSR count). The summed E-state index contributed by atoms with van der Waals surface area (Å²) < 4.78 is 109. The zero-order valence-electron chi connectivity index (χ0n) is 36.5. The van der Waals surface area contributed by atoms with E-state index in [4.69, 9.17) is 34.0 Å². The van der Waals surface area contributed by atoms with Crippen molar-refractivity contribution in [3.8, 4) is 11.4 Å². The minimum atomic E-state index is -4.71. The van der Waals surface area contributed by atoms with E-state index in [9.17, 15) is 44.7 Å². The highest BCUT2D eigenvalue weighted by Crippen LogP contribution is 2.39. The number of anilines is 1. The normalized spacial score (nSPS) is 12.7. The van der Waals surface area contributed by atoms with Crippen LogP contribution in [0.4, 0.5) is 40.8 Å². The highest BCUT2D eigenvalue weighted by Gasteiger charge is 2.40.